The van der Waals surface area contributed by atoms with Crippen molar-refractivity contribution < 1.29 is 14.7 Å². The van der Waals surface area contributed by atoms with Gasteiger partial charge in [0.25, 0.3) is 0 Å². The van der Waals surface area contributed by atoms with E-state index in [0.29, 0.717) is 5.92 Å². The minimum absolute atomic E-state index is 0.000486. The minimum Gasteiger partial charge on any atom is -0.395 e. The molecule has 1 heterocycles. The minimum atomic E-state index is -0.473. The lowest BCUT2D eigenvalue weighted by atomic mass is 10.0. The Balaban J connectivity index is 2.70. The summed E-state index contributed by atoms with van der Waals surface area (Å²) in [5.74, 6) is 0.204. The third-order valence-corrected chi connectivity index (χ3v) is 3.90. The Labute approximate surface area is 121 Å². The Kier molecular flexibility index (Phi) is 6.62. The van der Waals surface area contributed by atoms with Crippen molar-refractivity contribution >= 4 is 11.8 Å². The molecular weight excluding hydrogens is 256 g/mol. The summed E-state index contributed by atoms with van der Waals surface area (Å²) in [4.78, 5) is 25.8. The second-order valence-corrected chi connectivity index (χ2v) is 6.00. The van der Waals surface area contributed by atoms with Crippen molar-refractivity contribution in [3.63, 3.8) is 0 Å². The van der Waals surface area contributed by atoms with E-state index in [4.69, 9.17) is 0 Å². The van der Waals surface area contributed by atoms with Crippen LogP contribution in [-0.2, 0) is 9.59 Å². The molecule has 0 bridgehead atoms. The standard InChI is InChI=1S/C15H28N2O3/c1-5-12(6-2)17-14(19)8-13(15(17)20)16-11(9-18)7-10(3)4/h10-13,16,18H,5-9H2,1-4H3. The number of nitrogens with zero attached hydrogens (tertiary/aromatic N) is 1. The summed E-state index contributed by atoms with van der Waals surface area (Å²) in [6.07, 6.45) is 2.58. The molecule has 1 fully saturated rings. The number of aliphatic hydroxyl groups excluding tert-OH is 1. The lowest BCUT2D eigenvalue weighted by molar-refractivity contribution is -0.141. The third kappa shape index (κ3) is 4.03. The van der Waals surface area contributed by atoms with Crippen LogP contribution in [0.2, 0.25) is 0 Å². The average molecular weight is 284 g/mol. The maximum atomic E-state index is 12.4. The summed E-state index contributed by atoms with van der Waals surface area (Å²) in [6.45, 7) is 8.11. The number of imide groups is 1. The second kappa shape index (κ2) is 7.74. The van der Waals surface area contributed by atoms with Crippen molar-refractivity contribution in [2.24, 2.45) is 5.92 Å². The highest BCUT2D eigenvalue weighted by molar-refractivity contribution is 6.05. The fourth-order valence-corrected chi connectivity index (χ4v) is 2.87. The number of likely N-dealkylation sites (tertiary alicyclic amines) is 1. The zero-order valence-electron chi connectivity index (χ0n) is 13.1. The normalized spacial score (nSPS) is 21.4. The molecule has 2 amide bonds. The Bertz CT molecular complexity index is 340. The van der Waals surface area contributed by atoms with Gasteiger partial charge in [-0.25, -0.2) is 0 Å². The smallest absolute Gasteiger partial charge is 0.247 e. The van der Waals surface area contributed by atoms with Gasteiger partial charge >= 0.3 is 0 Å². The Morgan fingerprint density at radius 1 is 1.30 bits per heavy atom. The van der Waals surface area contributed by atoms with Gasteiger partial charge in [-0.1, -0.05) is 27.7 Å². The van der Waals surface area contributed by atoms with E-state index in [1.165, 1.54) is 4.90 Å². The fraction of sp³-hybridized carbons (Fsp3) is 0.867. The monoisotopic (exact) mass is 284 g/mol. The summed E-state index contributed by atoms with van der Waals surface area (Å²) < 4.78 is 0. The first kappa shape index (κ1) is 17.1. The Hall–Kier alpha value is -0.940. The van der Waals surface area contributed by atoms with Gasteiger partial charge in [0, 0.05) is 12.1 Å². The molecule has 1 rings (SSSR count). The van der Waals surface area contributed by atoms with Gasteiger partial charge in [-0.2, -0.15) is 0 Å². The molecule has 0 spiro atoms. The summed E-state index contributed by atoms with van der Waals surface area (Å²) in [5, 5.41) is 12.5. The van der Waals surface area contributed by atoms with Crippen LogP contribution < -0.4 is 5.32 Å². The van der Waals surface area contributed by atoms with Gasteiger partial charge in [0.1, 0.15) is 0 Å². The van der Waals surface area contributed by atoms with E-state index in [1.807, 2.05) is 13.8 Å². The topological polar surface area (TPSA) is 69.6 Å². The summed E-state index contributed by atoms with van der Waals surface area (Å²) in [6, 6.07) is -0.600. The zero-order valence-corrected chi connectivity index (χ0v) is 13.1. The third-order valence-electron chi connectivity index (χ3n) is 3.90. The van der Waals surface area contributed by atoms with Gasteiger partial charge < -0.3 is 10.4 Å². The van der Waals surface area contributed by atoms with Crippen LogP contribution in [0.15, 0.2) is 0 Å². The van der Waals surface area contributed by atoms with Crippen molar-refractivity contribution in [2.45, 2.75) is 71.5 Å². The Morgan fingerprint density at radius 2 is 1.90 bits per heavy atom. The van der Waals surface area contributed by atoms with Crippen LogP contribution in [0, 0.1) is 5.92 Å². The average Bonchev–Trinajstić information content (AvgIpc) is 2.66. The van der Waals surface area contributed by atoms with Gasteiger partial charge in [0.15, 0.2) is 0 Å². The molecule has 0 saturated carbocycles. The summed E-state index contributed by atoms with van der Waals surface area (Å²) >= 11 is 0. The van der Waals surface area contributed by atoms with E-state index >= 15 is 0 Å². The molecule has 2 atom stereocenters. The maximum absolute atomic E-state index is 12.4. The van der Waals surface area contributed by atoms with Crippen molar-refractivity contribution in [3.05, 3.63) is 0 Å². The second-order valence-electron chi connectivity index (χ2n) is 6.00. The molecule has 1 aliphatic rings. The van der Waals surface area contributed by atoms with Crippen LogP contribution in [0.3, 0.4) is 0 Å². The van der Waals surface area contributed by atoms with Crippen LogP contribution in [-0.4, -0.2) is 46.6 Å². The van der Waals surface area contributed by atoms with Crippen LogP contribution in [0.1, 0.15) is 53.4 Å². The molecule has 1 aliphatic heterocycles. The van der Waals surface area contributed by atoms with E-state index in [1.54, 1.807) is 0 Å². The highest BCUT2D eigenvalue weighted by Gasteiger charge is 2.41. The molecule has 0 aromatic carbocycles. The van der Waals surface area contributed by atoms with Crippen molar-refractivity contribution in [2.75, 3.05) is 6.61 Å². The number of hydrogen-bond acceptors (Lipinski definition) is 4. The Morgan fingerprint density at radius 3 is 2.35 bits per heavy atom. The number of nitrogens with one attached hydrogen (secondary N) is 1. The number of aliphatic hydroxyl groups is 1. The van der Waals surface area contributed by atoms with E-state index in [0.717, 1.165) is 19.3 Å². The lowest BCUT2D eigenvalue weighted by Crippen LogP contribution is -2.47. The van der Waals surface area contributed by atoms with Crippen LogP contribution in [0.4, 0.5) is 0 Å². The number of rotatable bonds is 8. The van der Waals surface area contributed by atoms with Gasteiger partial charge in [-0.05, 0) is 25.2 Å². The van der Waals surface area contributed by atoms with Crippen LogP contribution in [0.5, 0.6) is 0 Å². The first-order valence-electron chi connectivity index (χ1n) is 7.67. The number of hydrogen-bond donors (Lipinski definition) is 2. The molecule has 0 aliphatic carbocycles. The maximum Gasteiger partial charge on any atom is 0.247 e. The molecule has 2 unspecified atom stereocenters. The predicted molar refractivity (Wildman–Crippen MR) is 78.1 cm³/mol. The number of carbonyl (C=O) groups is 2. The molecular formula is C15H28N2O3. The van der Waals surface area contributed by atoms with E-state index in [2.05, 4.69) is 19.2 Å². The number of amides is 2. The quantitative estimate of drug-likeness (QED) is 0.659. The first-order valence-corrected chi connectivity index (χ1v) is 7.67. The van der Waals surface area contributed by atoms with E-state index in [9.17, 15) is 14.7 Å². The zero-order chi connectivity index (χ0) is 15.3. The van der Waals surface area contributed by atoms with Crippen LogP contribution in [0.25, 0.3) is 0 Å². The van der Waals surface area contributed by atoms with Crippen molar-refractivity contribution in [1.82, 2.24) is 10.2 Å². The molecule has 1 saturated heterocycles. The highest BCUT2D eigenvalue weighted by Crippen LogP contribution is 2.21. The van der Waals surface area contributed by atoms with Gasteiger partial charge in [-0.15, -0.1) is 0 Å². The molecule has 0 radical (unpaired) electrons. The molecule has 0 aromatic heterocycles. The lowest BCUT2D eigenvalue weighted by Gasteiger charge is -2.25. The fourth-order valence-electron chi connectivity index (χ4n) is 2.87. The van der Waals surface area contributed by atoms with E-state index < -0.39 is 6.04 Å². The molecule has 2 N–H and O–H groups in total. The summed E-state index contributed by atoms with van der Waals surface area (Å²) in [5.41, 5.74) is 0. The highest BCUT2D eigenvalue weighted by atomic mass is 16.3. The van der Waals surface area contributed by atoms with Gasteiger partial charge in [0.2, 0.25) is 11.8 Å². The number of carbonyl (C=O) groups excluding carboxylic acids is 2. The first-order chi connectivity index (χ1) is 9.44. The van der Waals surface area contributed by atoms with Crippen molar-refractivity contribution in [1.29, 1.82) is 0 Å². The molecule has 0 aromatic rings. The summed E-state index contributed by atoms with van der Waals surface area (Å²) in [7, 11) is 0. The molecule has 116 valence electrons. The molecule has 5 heteroatoms. The SMILES string of the molecule is CCC(CC)N1C(=O)CC(NC(CO)CC(C)C)C1=O. The van der Waals surface area contributed by atoms with Crippen molar-refractivity contribution in [3.8, 4) is 0 Å². The molecule has 20 heavy (non-hydrogen) atoms. The van der Waals surface area contributed by atoms with Gasteiger partial charge in [-0.3, -0.25) is 14.5 Å². The van der Waals surface area contributed by atoms with Gasteiger partial charge in [0.05, 0.1) is 19.1 Å². The molecule has 5 nitrogen and oxygen atoms in total. The predicted octanol–water partition coefficient (Wildman–Crippen LogP) is 1.30. The largest absolute Gasteiger partial charge is 0.395 e. The van der Waals surface area contributed by atoms with E-state index in [-0.39, 0.29) is 36.9 Å². The van der Waals surface area contributed by atoms with Crippen LogP contribution >= 0.6 is 0 Å².